The molecule has 5 heteroatoms. The normalized spacial score (nSPS) is 16.0. The van der Waals surface area contributed by atoms with Gasteiger partial charge in [-0.3, -0.25) is 9.89 Å². The van der Waals surface area contributed by atoms with E-state index in [0.29, 0.717) is 25.5 Å². The number of ether oxygens (including phenoxy) is 1. The highest BCUT2D eigenvalue weighted by atomic mass is 16.5. The van der Waals surface area contributed by atoms with Crippen LogP contribution in [0.15, 0.2) is 60.7 Å². The number of H-pyrrole nitrogens is 1. The lowest BCUT2D eigenvalue weighted by Crippen LogP contribution is -2.31. The van der Waals surface area contributed by atoms with Crippen molar-refractivity contribution in [1.82, 2.24) is 15.1 Å². The molecule has 0 saturated heterocycles. The Kier molecular flexibility index (Phi) is 5.03. The van der Waals surface area contributed by atoms with Crippen LogP contribution in [0.1, 0.15) is 41.0 Å². The third kappa shape index (κ3) is 3.26. The van der Waals surface area contributed by atoms with Crippen molar-refractivity contribution in [2.24, 2.45) is 0 Å². The number of carbonyl (C=O) groups excluding carboxylic acids is 1. The van der Waals surface area contributed by atoms with Crippen LogP contribution in [0.5, 0.6) is 0 Å². The van der Waals surface area contributed by atoms with Gasteiger partial charge in [-0.15, -0.1) is 0 Å². The lowest BCUT2D eigenvalue weighted by molar-refractivity contribution is 0.0710. The van der Waals surface area contributed by atoms with Gasteiger partial charge in [-0.1, -0.05) is 60.7 Å². The van der Waals surface area contributed by atoms with E-state index >= 15 is 0 Å². The molecule has 4 rings (SSSR count). The highest BCUT2D eigenvalue weighted by molar-refractivity contribution is 6.00. The fraction of sp³-hybridized carbons (Fsp3) is 0.273. The molecule has 2 heterocycles. The summed E-state index contributed by atoms with van der Waals surface area (Å²) in [6.45, 7) is 3.97. The Bertz CT molecular complexity index is 906. The number of nitrogens with one attached hydrogen (secondary N) is 1. The predicted octanol–water partition coefficient (Wildman–Crippen LogP) is 4.05. The summed E-state index contributed by atoms with van der Waals surface area (Å²) < 4.78 is 5.46. The number of rotatable bonds is 7. The molecule has 1 aliphatic heterocycles. The average Bonchev–Trinajstić information content (AvgIpc) is 3.26. The summed E-state index contributed by atoms with van der Waals surface area (Å²) in [4.78, 5) is 15.0. The molecule has 1 aromatic heterocycles. The van der Waals surface area contributed by atoms with E-state index in [9.17, 15) is 4.79 Å². The molecular formula is C22H23N3O2. The second kappa shape index (κ2) is 7.76. The van der Waals surface area contributed by atoms with E-state index < -0.39 is 0 Å². The first-order valence-electron chi connectivity index (χ1n) is 9.38. The maximum absolute atomic E-state index is 13.1. The minimum absolute atomic E-state index is 0.00466. The summed E-state index contributed by atoms with van der Waals surface area (Å²) in [7, 11) is 0. The van der Waals surface area contributed by atoms with Crippen LogP contribution in [0, 0.1) is 0 Å². The molecule has 27 heavy (non-hydrogen) atoms. The van der Waals surface area contributed by atoms with Crippen LogP contribution in [0.25, 0.3) is 11.3 Å². The zero-order valence-corrected chi connectivity index (χ0v) is 15.4. The Balaban J connectivity index is 1.74. The highest BCUT2D eigenvalue weighted by Crippen LogP contribution is 2.42. The monoisotopic (exact) mass is 361 g/mol. The summed E-state index contributed by atoms with van der Waals surface area (Å²) in [6, 6.07) is 20.1. The third-order valence-corrected chi connectivity index (χ3v) is 4.92. The van der Waals surface area contributed by atoms with Crippen molar-refractivity contribution in [3.63, 3.8) is 0 Å². The van der Waals surface area contributed by atoms with Crippen molar-refractivity contribution in [3.8, 4) is 11.3 Å². The highest BCUT2D eigenvalue weighted by Gasteiger charge is 2.41. The smallest absolute Gasteiger partial charge is 0.273 e. The lowest BCUT2D eigenvalue weighted by Gasteiger charge is -2.26. The molecule has 5 nitrogen and oxygen atoms in total. The Morgan fingerprint density at radius 3 is 2.48 bits per heavy atom. The van der Waals surface area contributed by atoms with Gasteiger partial charge in [0.25, 0.3) is 5.91 Å². The molecule has 1 N–H and O–H groups in total. The first kappa shape index (κ1) is 17.5. The minimum Gasteiger partial charge on any atom is -0.382 e. The molecule has 1 aliphatic rings. The summed E-state index contributed by atoms with van der Waals surface area (Å²) in [5.74, 6) is 0.00466. The number of hydrogen-bond acceptors (Lipinski definition) is 3. The maximum Gasteiger partial charge on any atom is 0.273 e. The summed E-state index contributed by atoms with van der Waals surface area (Å²) in [5, 5.41) is 7.47. The van der Waals surface area contributed by atoms with Crippen molar-refractivity contribution in [3.05, 3.63) is 77.5 Å². The van der Waals surface area contributed by atoms with Crippen LogP contribution in [-0.4, -0.2) is 40.8 Å². The van der Waals surface area contributed by atoms with Gasteiger partial charge in [0, 0.05) is 30.9 Å². The number of amides is 1. The lowest BCUT2D eigenvalue weighted by atomic mass is 9.96. The molecular weight excluding hydrogens is 338 g/mol. The Labute approximate surface area is 159 Å². The first-order chi connectivity index (χ1) is 13.3. The molecule has 0 unspecified atom stereocenters. The van der Waals surface area contributed by atoms with Gasteiger partial charge in [-0.2, -0.15) is 5.10 Å². The van der Waals surface area contributed by atoms with E-state index in [1.807, 2.05) is 60.4 Å². The van der Waals surface area contributed by atoms with Gasteiger partial charge >= 0.3 is 0 Å². The molecule has 0 fully saturated rings. The van der Waals surface area contributed by atoms with E-state index in [1.165, 1.54) is 0 Å². The molecule has 0 radical (unpaired) electrons. The number of carbonyl (C=O) groups is 1. The minimum atomic E-state index is -0.135. The standard InChI is InChI=1S/C22H23N3O2/c1-2-27-15-9-14-25-21(17-12-7-4-8-13-17)18-19(16-10-5-3-6-11-16)23-24-20(18)22(25)26/h3-8,10-13,21H,2,9,14-15H2,1H3,(H,23,24)/t21-/m0/s1. The first-order valence-corrected chi connectivity index (χ1v) is 9.38. The van der Waals surface area contributed by atoms with Crippen LogP contribution in [0.4, 0.5) is 0 Å². The number of benzene rings is 2. The molecule has 1 amide bonds. The average molecular weight is 361 g/mol. The van der Waals surface area contributed by atoms with Crippen molar-refractivity contribution >= 4 is 5.91 Å². The number of nitrogens with zero attached hydrogens (tertiary/aromatic N) is 2. The van der Waals surface area contributed by atoms with Crippen LogP contribution < -0.4 is 0 Å². The van der Waals surface area contributed by atoms with Gasteiger partial charge in [0.15, 0.2) is 0 Å². The fourth-order valence-electron chi connectivity index (χ4n) is 3.71. The van der Waals surface area contributed by atoms with Gasteiger partial charge in [-0.25, -0.2) is 0 Å². The zero-order chi connectivity index (χ0) is 18.6. The molecule has 0 saturated carbocycles. The second-order valence-corrected chi connectivity index (χ2v) is 6.59. The van der Waals surface area contributed by atoms with E-state index in [0.717, 1.165) is 28.8 Å². The number of fused-ring (bicyclic) bond motifs is 1. The maximum atomic E-state index is 13.1. The fourth-order valence-corrected chi connectivity index (χ4v) is 3.71. The molecule has 3 aromatic rings. The molecule has 1 atom stereocenters. The molecule has 0 aliphatic carbocycles. The second-order valence-electron chi connectivity index (χ2n) is 6.59. The van der Waals surface area contributed by atoms with Crippen LogP contribution in [0.3, 0.4) is 0 Å². The van der Waals surface area contributed by atoms with Crippen molar-refractivity contribution in [2.45, 2.75) is 19.4 Å². The van der Waals surface area contributed by atoms with Crippen molar-refractivity contribution in [1.29, 1.82) is 0 Å². The summed E-state index contributed by atoms with van der Waals surface area (Å²) in [6.07, 6.45) is 0.807. The van der Waals surface area contributed by atoms with Crippen molar-refractivity contribution < 1.29 is 9.53 Å². The Hall–Kier alpha value is -2.92. The summed E-state index contributed by atoms with van der Waals surface area (Å²) >= 11 is 0. The van der Waals surface area contributed by atoms with Crippen LogP contribution >= 0.6 is 0 Å². The van der Waals surface area contributed by atoms with Gasteiger partial charge in [0.05, 0.1) is 11.7 Å². The molecule has 0 bridgehead atoms. The number of hydrogen-bond donors (Lipinski definition) is 1. The van der Waals surface area contributed by atoms with Gasteiger partial charge in [-0.05, 0) is 18.9 Å². The number of aromatic nitrogens is 2. The SMILES string of the molecule is CCOCCCN1C(=O)c2[nH]nc(-c3ccccc3)c2[C@@H]1c1ccccc1. The van der Waals surface area contributed by atoms with E-state index in [1.54, 1.807) is 0 Å². The third-order valence-electron chi connectivity index (χ3n) is 4.92. The predicted molar refractivity (Wildman–Crippen MR) is 104 cm³/mol. The molecule has 0 spiro atoms. The van der Waals surface area contributed by atoms with Crippen LogP contribution in [0.2, 0.25) is 0 Å². The topological polar surface area (TPSA) is 58.2 Å². The van der Waals surface area contributed by atoms with Crippen LogP contribution in [-0.2, 0) is 4.74 Å². The largest absolute Gasteiger partial charge is 0.382 e. The Morgan fingerprint density at radius 2 is 1.78 bits per heavy atom. The van der Waals surface area contributed by atoms with E-state index in [-0.39, 0.29) is 11.9 Å². The van der Waals surface area contributed by atoms with Gasteiger partial charge in [0.1, 0.15) is 5.69 Å². The van der Waals surface area contributed by atoms with E-state index in [2.05, 4.69) is 22.3 Å². The van der Waals surface area contributed by atoms with Crippen molar-refractivity contribution in [2.75, 3.05) is 19.8 Å². The Morgan fingerprint density at radius 1 is 1.07 bits per heavy atom. The number of aromatic amines is 1. The molecule has 2 aromatic carbocycles. The zero-order valence-electron chi connectivity index (χ0n) is 15.4. The molecule has 138 valence electrons. The van der Waals surface area contributed by atoms with Gasteiger partial charge < -0.3 is 9.64 Å². The quantitative estimate of drug-likeness (QED) is 0.646. The summed E-state index contributed by atoms with van der Waals surface area (Å²) in [5.41, 5.74) is 4.52. The van der Waals surface area contributed by atoms with E-state index in [4.69, 9.17) is 4.74 Å². The van der Waals surface area contributed by atoms with Gasteiger partial charge in [0.2, 0.25) is 0 Å².